The number of rotatable bonds is 5. The average Bonchev–Trinajstić information content (AvgIpc) is 2.59. The lowest BCUT2D eigenvalue weighted by Gasteiger charge is -2.23. The summed E-state index contributed by atoms with van der Waals surface area (Å²) in [7, 11) is 0. The van der Waals surface area contributed by atoms with Gasteiger partial charge in [-0.05, 0) is 19.1 Å². The van der Waals surface area contributed by atoms with Crippen molar-refractivity contribution in [3.05, 3.63) is 0 Å². The molecule has 15 heavy (non-hydrogen) atoms. The van der Waals surface area contributed by atoms with Crippen LogP contribution in [0.25, 0.3) is 0 Å². The Labute approximate surface area is 97.0 Å². The van der Waals surface area contributed by atoms with E-state index < -0.39 is 0 Å². The fraction of sp³-hybridized carbons (Fsp3) is 0.909. The number of nitrogens with zero attached hydrogens (tertiary/aromatic N) is 1. The van der Waals surface area contributed by atoms with Gasteiger partial charge in [-0.3, -0.25) is 10.1 Å². The molecule has 1 rings (SSSR count). The first-order valence-electron chi connectivity index (χ1n) is 5.64. The van der Waals surface area contributed by atoms with Gasteiger partial charge in [0, 0.05) is 11.8 Å². The molecule has 3 atom stereocenters. The largest absolute Gasteiger partial charge is 0.325 e. The molecule has 3 nitrogen and oxygen atoms in total. The molecular weight excluding hydrogens is 208 g/mol. The summed E-state index contributed by atoms with van der Waals surface area (Å²) in [5, 5.41) is 3.31. The Morgan fingerprint density at radius 3 is 2.80 bits per heavy atom. The van der Waals surface area contributed by atoms with Crippen molar-refractivity contribution in [1.82, 2.24) is 10.2 Å². The van der Waals surface area contributed by atoms with E-state index in [4.69, 9.17) is 0 Å². The predicted octanol–water partition coefficient (Wildman–Crippen LogP) is 1.54. The van der Waals surface area contributed by atoms with E-state index in [0.717, 1.165) is 18.8 Å². The van der Waals surface area contributed by atoms with Crippen molar-refractivity contribution in [1.29, 1.82) is 0 Å². The second-order valence-electron chi connectivity index (χ2n) is 4.34. The molecule has 1 heterocycles. The van der Waals surface area contributed by atoms with Gasteiger partial charge < -0.3 is 4.90 Å². The molecular formula is C11H22N2OS. The molecule has 1 aliphatic rings. The Kier molecular flexibility index (Phi) is 4.93. The lowest BCUT2D eigenvalue weighted by molar-refractivity contribution is -0.131. The van der Waals surface area contributed by atoms with E-state index >= 15 is 0 Å². The first kappa shape index (κ1) is 12.8. The summed E-state index contributed by atoms with van der Waals surface area (Å²) in [5.41, 5.74) is 0. The van der Waals surface area contributed by atoms with Gasteiger partial charge in [0.2, 0.25) is 5.91 Å². The second kappa shape index (κ2) is 5.75. The van der Waals surface area contributed by atoms with Crippen molar-refractivity contribution >= 4 is 17.7 Å². The van der Waals surface area contributed by atoms with Crippen molar-refractivity contribution < 1.29 is 4.79 Å². The van der Waals surface area contributed by atoms with Gasteiger partial charge in [0.25, 0.3) is 0 Å². The van der Waals surface area contributed by atoms with E-state index in [2.05, 4.69) is 32.3 Å². The zero-order chi connectivity index (χ0) is 11.4. The number of hydrogen-bond acceptors (Lipinski definition) is 3. The molecule has 4 heteroatoms. The van der Waals surface area contributed by atoms with E-state index in [9.17, 15) is 4.79 Å². The van der Waals surface area contributed by atoms with Gasteiger partial charge in [-0.1, -0.05) is 20.3 Å². The Hall–Kier alpha value is -0.220. The van der Waals surface area contributed by atoms with Crippen LogP contribution in [0.1, 0.15) is 27.2 Å². The summed E-state index contributed by atoms with van der Waals surface area (Å²) < 4.78 is 0. The molecule has 0 aromatic heterocycles. The highest BCUT2D eigenvalue weighted by Gasteiger charge is 2.36. The molecule has 1 amide bonds. The molecule has 1 N–H and O–H groups in total. The number of amides is 1. The summed E-state index contributed by atoms with van der Waals surface area (Å²) in [5.74, 6) is 1.73. The van der Waals surface area contributed by atoms with Gasteiger partial charge in [0.15, 0.2) is 0 Å². The normalized spacial score (nSPS) is 25.7. The maximum absolute atomic E-state index is 12.1. The maximum Gasteiger partial charge on any atom is 0.241 e. The van der Waals surface area contributed by atoms with Gasteiger partial charge in [-0.2, -0.15) is 11.8 Å². The molecule has 3 unspecified atom stereocenters. The minimum absolute atomic E-state index is 0.0410. The van der Waals surface area contributed by atoms with Crippen molar-refractivity contribution in [2.75, 3.05) is 18.7 Å². The van der Waals surface area contributed by atoms with E-state index in [-0.39, 0.29) is 11.9 Å². The number of carbonyl (C=O) groups excluding carboxylic acids is 1. The van der Waals surface area contributed by atoms with Gasteiger partial charge in [-0.15, -0.1) is 0 Å². The SMILES string of the molecule is CCC(C)C1NCN(C(C)CSC)C1=O. The van der Waals surface area contributed by atoms with Crippen LogP contribution in [0.15, 0.2) is 0 Å². The topological polar surface area (TPSA) is 32.3 Å². The maximum atomic E-state index is 12.1. The second-order valence-corrected chi connectivity index (χ2v) is 5.25. The molecule has 0 aromatic rings. The van der Waals surface area contributed by atoms with Crippen LogP contribution >= 0.6 is 11.8 Å². The predicted molar refractivity (Wildman–Crippen MR) is 65.9 cm³/mol. The number of carbonyl (C=O) groups is 1. The van der Waals surface area contributed by atoms with Gasteiger partial charge in [-0.25, -0.2) is 0 Å². The van der Waals surface area contributed by atoms with E-state index in [0.29, 0.717) is 12.0 Å². The summed E-state index contributed by atoms with van der Waals surface area (Å²) >= 11 is 1.79. The molecule has 0 radical (unpaired) electrons. The minimum atomic E-state index is 0.0410. The monoisotopic (exact) mass is 230 g/mol. The summed E-state index contributed by atoms with van der Waals surface area (Å²) in [4.78, 5) is 14.0. The van der Waals surface area contributed by atoms with Gasteiger partial charge in [0.05, 0.1) is 12.7 Å². The van der Waals surface area contributed by atoms with Crippen LogP contribution in [-0.4, -0.2) is 41.6 Å². The molecule has 0 aromatic carbocycles. The standard InChI is InChI=1S/C11H22N2OS/c1-5-8(2)10-11(14)13(7-12-10)9(3)6-15-4/h8-10,12H,5-7H2,1-4H3. The first-order valence-corrected chi connectivity index (χ1v) is 7.04. The quantitative estimate of drug-likeness (QED) is 0.777. The number of thioether (sulfide) groups is 1. The third-order valence-corrected chi connectivity index (χ3v) is 4.00. The number of hydrogen-bond donors (Lipinski definition) is 1. The smallest absolute Gasteiger partial charge is 0.241 e. The van der Waals surface area contributed by atoms with Crippen molar-refractivity contribution in [2.24, 2.45) is 5.92 Å². The Balaban J connectivity index is 2.55. The highest BCUT2D eigenvalue weighted by Crippen LogP contribution is 2.18. The summed E-state index contributed by atoms with van der Waals surface area (Å²) in [6.07, 6.45) is 3.13. The van der Waals surface area contributed by atoms with Crippen LogP contribution in [0.3, 0.4) is 0 Å². The van der Waals surface area contributed by atoms with Crippen LogP contribution in [-0.2, 0) is 4.79 Å². The third-order valence-electron chi connectivity index (χ3n) is 3.18. The third kappa shape index (κ3) is 2.88. The highest BCUT2D eigenvalue weighted by atomic mass is 32.2. The molecule has 0 bridgehead atoms. The lowest BCUT2D eigenvalue weighted by atomic mass is 9.99. The Bertz CT molecular complexity index is 223. The van der Waals surface area contributed by atoms with Crippen LogP contribution in [0.2, 0.25) is 0 Å². The van der Waals surface area contributed by atoms with Gasteiger partial charge in [0.1, 0.15) is 0 Å². The van der Waals surface area contributed by atoms with Crippen LogP contribution in [0, 0.1) is 5.92 Å². The minimum Gasteiger partial charge on any atom is -0.325 e. The van der Waals surface area contributed by atoms with Gasteiger partial charge >= 0.3 is 0 Å². The fourth-order valence-electron chi connectivity index (χ4n) is 1.93. The fourth-order valence-corrected chi connectivity index (χ4v) is 2.59. The molecule has 0 saturated carbocycles. The van der Waals surface area contributed by atoms with Crippen molar-refractivity contribution in [3.8, 4) is 0 Å². The highest BCUT2D eigenvalue weighted by molar-refractivity contribution is 7.98. The van der Waals surface area contributed by atoms with E-state index in [1.165, 1.54) is 0 Å². The molecule has 88 valence electrons. The van der Waals surface area contributed by atoms with Crippen LogP contribution in [0.5, 0.6) is 0 Å². The average molecular weight is 230 g/mol. The lowest BCUT2D eigenvalue weighted by Crippen LogP contribution is -2.40. The Morgan fingerprint density at radius 1 is 1.60 bits per heavy atom. The molecule has 0 spiro atoms. The van der Waals surface area contributed by atoms with Crippen molar-refractivity contribution in [3.63, 3.8) is 0 Å². The molecule has 1 aliphatic heterocycles. The Morgan fingerprint density at radius 2 is 2.27 bits per heavy atom. The zero-order valence-corrected chi connectivity index (χ0v) is 10.9. The van der Waals surface area contributed by atoms with Crippen LogP contribution in [0.4, 0.5) is 0 Å². The zero-order valence-electron chi connectivity index (χ0n) is 10.1. The summed E-state index contributed by atoms with van der Waals surface area (Å²) in [6.45, 7) is 7.11. The number of nitrogens with one attached hydrogen (secondary N) is 1. The molecule has 1 fully saturated rings. The van der Waals surface area contributed by atoms with E-state index in [1.54, 1.807) is 11.8 Å². The van der Waals surface area contributed by atoms with E-state index in [1.807, 2.05) is 4.90 Å². The van der Waals surface area contributed by atoms with Crippen molar-refractivity contribution in [2.45, 2.75) is 39.3 Å². The van der Waals surface area contributed by atoms with Crippen LogP contribution < -0.4 is 5.32 Å². The molecule has 1 saturated heterocycles. The first-order chi connectivity index (χ1) is 7.11. The summed E-state index contributed by atoms with van der Waals surface area (Å²) in [6, 6.07) is 0.383. The molecule has 0 aliphatic carbocycles.